The van der Waals surface area contributed by atoms with Gasteiger partial charge in [-0.25, -0.2) is 0 Å². The maximum atomic E-state index is 11.1. The van der Waals surface area contributed by atoms with Crippen LogP contribution in [0.25, 0.3) is 0 Å². The third kappa shape index (κ3) is 2.48. The third-order valence-electron chi connectivity index (χ3n) is 2.16. The average molecular weight is 170 g/mol. The van der Waals surface area contributed by atoms with Crippen LogP contribution in [0.5, 0.6) is 0 Å². The summed E-state index contributed by atoms with van der Waals surface area (Å²) >= 11 is 0. The number of hydrogen-bond donors (Lipinski definition) is 1. The zero-order valence-electron chi connectivity index (χ0n) is 8.13. The summed E-state index contributed by atoms with van der Waals surface area (Å²) < 4.78 is 0. The Morgan fingerprint density at radius 2 is 2.33 bits per heavy atom. The number of likely N-dealkylation sites (tertiary alicyclic amines) is 1. The lowest BCUT2D eigenvalue weighted by Gasteiger charge is -2.13. The minimum Gasteiger partial charge on any atom is -0.344 e. The van der Waals surface area contributed by atoms with Gasteiger partial charge in [0.1, 0.15) is 0 Å². The number of nitrogens with zero attached hydrogens (tertiary/aromatic N) is 1. The van der Waals surface area contributed by atoms with Crippen molar-refractivity contribution in [3.63, 3.8) is 0 Å². The highest BCUT2D eigenvalue weighted by atomic mass is 16.2. The highest BCUT2D eigenvalue weighted by Crippen LogP contribution is 2.08. The average Bonchev–Trinajstić information content (AvgIpc) is 2.28. The summed E-state index contributed by atoms with van der Waals surface area (Å²) in [6, 6.07) is 0.380. The van der Waals surface area contributed by atoms with Gasteiger partial charge in [0.15, 0.2) is 0 Å². The van der Waals surface area contributed by atoms with E-state index in [1.54, 1.807) is 4.90 Å². The second-order valence-electron chi connectivity index (χ2n) is 3.98. The fraction of sp³-hybridized carbons (Fsp3) is 0.889. The van der Waals surface area contributed by atoms with Crippen molar-refractivity contribution >= 4 is 5.91 Å². The van der Waals surface area contributed by atoms with E-state index in [-0.39, 0.29) is 5.91 Å². The molecule has 1 amide bonds. The Morgan fingerprint density at radius 3 is 2.75 bits per heavy atom. The van der Waals surface area contributed by atoms with E-state index in [4.69, 9.17) is 0 Å². The largest absolute Gasteiger partial charge is 0.344 e. The van der Waals surface area contributed by atoms with Crippen LogP contribution in [0.2, 0.25) is 0 Å². The second-order valence-corrected chi connectivity index (χ2v) is 3.98. The first-order valence-corrected chi connectivity index (χ1v) is 4.57. The number of hydrogen-bond acceptors (Lipinski definition) is 2. The van der Waals surface area contributed by atoms with Crippen LogP contribution in [0.1, 0.15) is 20.3 Å². The summed E-state index contributed by atoms with van der Waals surface area (Å²) in [6.07, 6.45) is 0.670. The molecule has 0 aromatic heterocycles. The van der Waals surface area contributed by atoms with Crippen LogP contribution in [-0.4, -0.2) is 37.0 Å². The highest BCUT2D eigenvalue weighted by Gasteiger charge is 2.25. The molecule has 70 valence electrons. The number of amides is 1. The molecule has 1 atom stereocenters. The maximum Gasteiger partial charge on any atom is 0.224 e. The fourth-order valence-electron chi connectivity index (χ4n) is 1.40. The van der Waals surface area contributed by atoms with Crippen molar-refractivity contribution in [1.29, 1.82) is 0 Å². The molecule has 0 aliphatic carbocycles. The Hall–Kier alpha value is -0.570. The molecule has 12 heavy (non-hydrogen) atoms. The first-order chi connectivity index (χ1) is 5.59. The fourth-order valence-corrected chi connectivity index (χ4v) is 1.40. The van der Waals surface area contributed by atoms with Gasteiger partial charge in [-0.1, -0.05) is 13.8 Å². The molecule has 3 heteroatoms. The molecule has 0 radical (unpaired) electrons. The molecule has 0 bridgehead atoms. The Balaban J connectivity index is 2.23. The maximum absolute atomic E-state index is 11.1. The third-order valence-corrected chi connectivity index (χ3v) is 2.16. The van der Waals surface area contributed by atoms with E-state index in [1.807, 2.05) is 7.05 Å². The number of carbonyl (C=O) groups excluding carboxylic acids is 1. The van der Waals surface area contributed by atoms with Gasteiger partial charge in [-0.2, -0.15) is 0 Å². The summed E-state index contributed by atoms with van der Waals surface area (Å²) in [6.45, 7) is 6.22. The molecule has 3 nitrogen and oxygen atoms in total. The van der Waals surface area contributed by atoms with Gasteiger partial charge < -0.3 is 10.2 Å². The molecule has 0 aromatic carbocycles. The van der Waals surface area contributed by atoms with E-state index in [2.05, 4.69) is 19.2 Å². The Bertz CT molecular complexity index is 168. The number of carbonyl (C=O) groups is 1. The minimum absolute atomic E-state index is 0.260. The standard InChI is InChI=1S/C9H18N2O/c1-7(2)5-10-8-4-9(12)11(3)6-8/h7-8,10H,4-6H2,1-3H3/t8-/m0/s1. The Kier molecular flexibility index (Phi) is 3.09. The predicted molar refractivity (Wildman–Crippen MR) is 48.9 cm³/mol. The molecule has 0 saturated carbocycles. The molecule has 1 rings (SSSR count). The SMILES string of the molecule is CC(C)CN[C@H]1CC(=O)N(C)C1. The van der Waals surface area contributed by atoms with E-state index in [0.29, 0.717) is 18.4 Å². The summed E-state index contributed by atoms with van der Waals surface area (Å²) in [4.78, 5) is 12.9. The van der Waals surface area contributed by atoms with Crippen LogP contribution in [0.15, 0.2) is 0 Å². The molecule has 1 aliphatic rings. The molecule has 0 aromatic rings. The summed E-state index contributed by atoms with van der Waals surface area (Å²) in [5, 5.41) is 3.38. The van der Waals surface area contributed by atoms with Crippen LogP contribution >= 0.6 is 0 Å². The van der Waals surface area contributed by atoms with Crippen LogP contribution in [0.4, 0.5) is 0 Å². The zero-order valence-corrected chi connectivity index (χ0v) is 8.13. The van der Waals surface area contributed by atoms with Crippen molar-refractivity contribution in [1.82, 2.24) is 10.2 Å². The van der Waals surface area contributed by atoms with Gasteiger partial charge in [0.25, 0.3) is 0 Å². The van der Waals surface area contributed by atoms with Gasteiger partial charge in [0, 0.05) is 26.1 Å². The number of nitrogens with one attached hydrogen (secondary N) is 1. The van der Waals surface area contributed by atoms with Gasteiger partial charge in [0.05, 0.1) is 0 Å². The molecule has 0 unspecified atom stereocenters. The van der Waals surface area contributed by atoms with Crippen molar-refractivity contribution in [3.05, 3.63) is 0 Å². The first kappa shape index (κ1) is 9.52. The lowest BCUT2D eigenvalue weighted by molar-refractivity contribution is -0.126. The molecular weight excluding hydrogens is 152 g/mol. The molecular formula is C9H18N2O. The van der Waals surface area contributed by atoms with Gasteiger partial charge in [-0.15, -0.1) is 0 Å². The molecule has 1 fully saturated rings. The number of likely N-dealkylation sites (N-methyl/N-ethyl adjacent to an activating group) is 1. The minimum atomic E-state index is 0.260. The van der Waals surface area contributed by atoms with E-state index < -0.39 is 0 Å². The smallest absolute Gasteiger partial charge is 0.224 e. The lowest BCUT2D eigenvalue weighted by Crippen LogP contribution is -2.33. The van der Waals surface area contributed by atoms with Gasteiger partial charge in [-0.05, 0) is 12.5 Å². The normalized spacial score (nSPS) is 24.2. The van der Waals surface area contributed by atoms with Gasteiger partial charge >= 0.3 is 0 Å². The Labute approximate surface area is 74.1 Å². The van der Waals surface area contributed by atoms with E-state index in [9.17, 15) is 4.79 Å². The number of rotatable bonds is 3. The monoisotopic (exact) mass is 170 g/mol. The van der Waals surface area contributed by atoms with Crippen molar-refractivity contribution in [2.75, 3.05) is 20.1 Å². The van der Waals surface area contributed by atoms with Crippen molar-refractivity contribution in [2.45, 2.75) is 26.3 Å². The first-order valence-electron chi connectivity index (χ1n) is 4.57. The molecule has 1 heterocycles. The van der Waals surface area contributed by atoms with Crippen molar-refractivity contribution in [2.24, 2.45) is 5.92 Å². The lowest BCUT2D eigenvalue weighted by atomic mass is 10.2. The van der Waals surface area contributed by atoms with Gasteiger partial charge in [0.2, 0.25) is 5.91 Å². The summed E-state index contributed by atoms with van der Waals surface area (Å²) in [7, 11) is 1.86. The predicted octanol–water partition coefficient (Wildman–Crippen LogP) is 0.463. The highest BCUT2D eigenvalue weighted by molar-refractivity contribution is 5.78. The van der Waals surface area contributed by atoms with Crippen LogP contribution in [0, 0.1) is 5.92 Å². The quantitative estimate of drug-likeness (QED) is 0.667. The van der Waals surface area contributed by atoms with Gasteiger partial charge in [-0.3, -0.25) is 4.79 Å². The second kappa shape index (κ2) is 3.90. The summed E-state index contributed by atoms with van der Waals surface area (Å²) in [5.74, 6) is 0.919. The zero-order chi connectivity index (χ0) is 9.14. The van der Waals surface area contributed by atoms with Crippen molar-refractivity contribution < 1.29 is 4.79 Å². The van der Waals surface area contributed by atoms with Crippen LogP contribution in [-0.2, 0) is 4.79 Å². The molecule has 1 aliphatic heterocycles. The van der Waals surface area contributed by atoms with Crippen molar-refractivity contribution in [3.8, 4) is 0 Å². The Morgan fingerprint density at radius 1 is 1.67 bits per heavy atom. The van der Waals surface area contributed by atoms with Crippen LogP contribution in [0.3, 0.4) is 0 Å². The molecule has 1 saturated heterocycles. The van der Waals surface area contributed by atoms with E-state index in [1.165, 1.54) is 0 Å². The van der Waals surface area contributed by atoms with E-state index >= 15 is 0 Å². The topological polar surface area (TPSA) is 32.3 Å². The molecule has 1 N–H and O–H groups in total. The molecule has 0 spiro atoms. The summed E-state index contributed by atoms with van der Waals surface area (Å²) in [5.41, 5.74) is 0. The van der Waals surface area contributed by atoms with Crippen LogP contribution < -0.4 is 5.32 Å². The van der Waals surface area contributed by atoms with E-state index in [0.717, 1.165) is 13.1 Å².